The van der Waals surface area contributed by atoms with Crippen LogP contribution in [0.3, 0.4) is 0 Å². The van der Waals surface area contributed by atoms with Crippen LogP contribution in [0.1, 0.15) is 36.6 Å². The zero-order valence-corrected chi connectivity index (χ0v) is 16.5. The summed E-state index contributed by atoms with van der Waals surface area (Å²) in [5, 5.41) is 12.7. The predicted molar refractivity (Wildman–Crippen MR) is 107 cm³/mol. The molecule has 144 valence electrons. The fraction of sp³-hybridized carbons (Fsp3) is 0.381. The second kappa shape index (κ2) is 8.11. The lowest BCUT2D eigenvalue weighted by Gasteiger charge is -2.20. The number of nitrogens with one attached hydrogen (secondary N) is 1. The minimum absolute atomic E-state index is 0.115. The number of rotatable bonds is 5. The van der Waals surface area contributed by atoms with Crippen LogP contribution in [0.5, 0.6) is 11.5 Å². The van der Waals surface area contributed by atoms with Crippen molar-refractivity contribution in [1.82, 2.24) is 4.98 Å². The maximum absolute atomic E-state index is 12.8. The fourth-order valence-corrected chi connectivity index (χ4v) is 4.42. The number of thioether (sulfide) groups is 1. The molecule has 6 nitrogen and oxygen atoms in total. The molecule has 1 unspecified atom stereocenters. The first kappa shape index (κ1) is 18.6. The number of hydrogen-bond donors (Lipinski definition) is 1. The van der Waals surface area contributed by atoms with Gasteiger partial charge in [-0.3, -0.25) is 4.79 Å². The van der Waals surface area contributed by atoms with Crippen LogP contribution in [0.2, 0.25) is 0 Å². The minimum Gasteiger partial charge on any atom is -0.486 e. The van der Waals surface area contributed by atoms with Gasteiger partial charge in [0.1, 0.15) is 24.3 Å². The Morgan fingerprint density at radius 1 is 1.29 bits per heavy atom. The van der Waals surface area contributed by atoms with Crippen LogP contribution in [-0.2, 0) is 17.6 Å². The van der Waals surface area contributed by atoms with E-state index >= 15 is 0 Å². The number of anilines is 1. The Kier molecular flexibility index (Phi) is 5.40. The van der Waals surface area contributed by atoms with Crippen LogP contribution in [0, 0.1) is 11.3 Å². The van der Waals surface area contributed by atoms with Gasteiger partial charge < -0.3 is 14.8 Å². The predicted octanol–water partition coefficient (Wildman–Crippen LogP) is 3.72. The van der Waals surface area contributed by atoms with Crippen LogP contribution in [0.25, 0.3) is 0 Å². The molecule has 1 aromatic carbocycles. The van der Waals surface area contributed by atoms with Gasteiger partial charge in [-0.1, -0.05) is 18.7 Å². The van der Waals surface area contributed by atoms with E-state index in [-0.39, 0.29) is 11.2 Å². The molecule has 0 fully saturated rings. The number of amides is 1. The lowest BCUT2D eigenvalue weighted by atomic mass is 10.2. The van der Waals surface area contributed by atoms with Crippen molar-refractivity contribution in [2.45, 2.75) is 42.9 Å². The zero-order valence-electron chi connectivity index (χ0n) is 15.7. The van der Waals surface area contributed by atoms with Crippen molar-refractivity contribution in [3.05, 3.63) is 41.1 Å². The first-order valence-corrected chi connectivity index (χ1v) is 10.4. The molecule has 1 amide bonds. The number of aromatic nitrogens is 1. The third kappa shape index (κ3) is 3.78. The van der Waals surface area contributed by atoms with Gasteiger partial charge in [0.15, 0.2) is 11.5 Å². The first-order valence-electron chi connectivity index (χ1n) is 9.48. The molecule has 2 aliphatic rings. The molecule has 0 saturated heterocycles. The summed E-state index contributed by atoms with van der Waals surface area (Å²) in [6.45, 7) is 2.99. The van der Waals surface area contributed by atoms with Crippen molar-refractivity contribution in [2.75, 3.05) is 18.5 Å². The zero-order chi connectivity index (χ0) is 19.5. The summed E-state index contributed by atoms with van der Waals surface area (Å²) >= 11 is 1.36. The van der Waals surface area contributed by atoms with E-state index in [9.17, 15) is 10.1 Å². The number of aryl methyl sites for hydroxylation is 2. The second-order valence-corrected chi connectivity index (χ2v) is 7.97. The number of carbonyl (C=O) groups excluding carboxylic acids is 1. The van der Waals surface area contributed by atoms with Crippen LogP contribution >= 0.6 is 11.8 Å². The van der Waals surface area contributed by atoms with Crippen molar-refractivity contribution in [2.24, 2.45) is 0 Å². The molecule has 0 bridgehead atoms. The SMILES string of the molecule is CCC(Sc1nc2c(cc1C#N)CCC2)C(=O)Nc1ccc2c(c1)OCCO2. The quantitative estimate of drug-likeness (QED) is 0.777. The summed E-state index contributed by atoms with van der Waals surface area (Å²) in [5.41, 5.74) is 3.44. The average Bonchev–Trinajstić information content (AvgIpc) is 3.18. The Morgan fingerprint density at radius 3 is 2.89 bits per heavy atom. The molecule has 0 saturated carbocycles. The Balaban J connectivity index is 1.50. The molecule has 1 aliphatic heterocycles. The average molecular weight is 395 g/mol. The summed E-state index contributed by atoms with van der Waals surface area (Å²) in [6.07, 6.45) is 3.62. The van der Waals surface area contributed by atoms with Crippen molar-refractivity contribution >= 4 is 23.4 Å². The highest BCUT2D eigenvalue weighted by Crippen LogP contribution is 2.34. The molecule has 1 atom stereocenters. The molecule has 1 aromatic heterocycles. The third-order valence-corrected chi connectivity index (χ3v) is 6.23. The van der Waals surface area contributed by atoms with E-state index < -0.39 is 0 Å². The maximum atomic E-state index is 12.8. The van der Waals surface area contributed by atoms with E-state index in [2.05, 4.69) is 16.4 Å². The van der Waals surface area contributed by atoms with Gasteiger partial charge in [0.05, 0.1) is 10.8 Å². The van der Waals surface area contributed by atoms with Gasteiger partial charge >= 0.3 is 0 Å². The summed E-state index contributed by atoms with van der Waals surface area (Å²) in [7, 11) is 0. The molecule has 2 heterocycles. The first-order chi connectivity index (χ1) is 13.7. The van der Waals surface area contributed by atoms with E-state index in [1.807, 2.05) is 13.0 Å². The maximum Gasteiger partial charge on any atom is 0.237 e. The highest BCUT2D eigenvalue weighted by Gasteiger charge is 2.23. The van der Waals surface area contributed by atoms with Gasteiger partial charge in [-0.15, -0.1) is 0 Å². The van der Waals surface area contributed by atoms with Gasteiger partial charge in [0, 0.05) is 17.4 Å². The monoisotopic (exact) mass is 395 g/mol. The van der Waals surface area contributed by atoms with Gasteiger partial charge in [-0.25, -0.2) is 4.98 Å². The molecule has 1 aliphatic carbocycles. The van der Waals surface area contributed by atoms with E-state index in [1.165, 1.54) is 11.8 Å². The topological polar surface area (TPSA) is 84.2 Å². The van der Waals surface area contributed by atoms with Crippen LogP contribution in [0.4, 0.5) is 5.69 Å². The molecule has 0 radical (unpaired) electrons. The van der Waals surface area contributed by atoms with Crippen molar-refractivity contribution in [3.63, 3.8) is 0 Å². The molecular formula is C21H21N3O3S. The smallest absolute Gasteiger partial charge is 0.237 e. The van der Waals surface area contributed by atoms with E-state index in [0.717, 1.165) is 30.5 Å². The largest absolute Gasteiger partial charge is 0.486 e. The number of hydrogen-bond acceptors (Lipinski definition) is 6. The van der Waals surface area contributed by atoms with Crippen molar-refractivity contribution < 1.29 is 14.3 Å². The van der Waals surface area contributed by atoms with Crippen LogP contribution < -0.4 is 14.8 Å². The normalized spacial score (nSPS) is 15.4. The third-order valence-electron chi connectivity index (χ3n) is 4.86. The molecule has 4 rings (SSSR count). The van der Waals surface area contributed by atoms with Gasteiger partial charge in [-0.2, -0.15) is 5.26 Å². The fourth-order valence-electron chi connectivity index (χ4n) is 3.42. The Morgan fingerprint density at radius 2 is 2.11 bits per heavy atom. The molecule has 1 N–H and O–H groups in total. The Labute approximate surface area is 168 Å². The van der Waals surface area contributed by atoms with Gasteiger partial charge in [0.2, 0.25) is 5.91 Å². The highest BCUT2D eigenvalue weighted by molar-refractivity contribution is 8.00. The molecular weight excluding hydrogens is 374 g/mol. The number of nitrogens with zero attached hydrogens (tertiary/aromatic N) is 2. The lowest BCUT2D eigenvalue weighted by molar-refractivity contribution is -0.115. The van der Waals surface area contributed by atoms with Crippen molar-refractivity contribution in [1.29, 1.82) is 5.26 Å². The van der Waals surface area contributed by atoms with E-state index in [0.29, 0.717) is 47.4 Å². The highest BCUT2D eigenvalue weighted by atomic mass is 32.2. The number of fused-ring (bicyclic) bond motifs is 2. The summed E-state index contributed by atoms with van der Waals surface area (Å²) in [5.74, 6) is 1.21. The number of pyridine rings is 1. The number of benzene rings is 1. The van der Waals surface area contributed by atoms with Crippen LogP contribution in [0.15, 0.2) is 29.3 Å². The lowest BCUT2D eigenvalue weighted by Crippen LogP contribution is -2.25. The minimum atomic E-state index is -0.341. The van der Waals surface area contributed by atoms with E-state index in [4.69, 9.17) is 9.47 Å². The second-order valence-electron chi connectivity index (χ2n) is 6.77. The number of nitriles is 1. The molecule has 28 heavy (non-hydrogen) atoms. The van der Waals surface area contributed by atoms with Crippen molar-refractivity contribution in [3.8, 4) is 17.6 Å². The molecule has 2 aromatic rings. The van der Waals surface area contributed by atoms with Gasteiger partial charge in [0.25, 0.3) is 0 Å². The summed E-state index contributed by atoms with van der Waals surface area (Å²) in [6, 6.07) is 9.54. The summed E-state index contributed by atoms with van der Waals surface area (Å²) in [4.78, 5) is 17.5. The number of ether oxygens (including phenoxy) is 2. The van der Waals surface area contributed by atoms with Crippen LogP contribution in [-0.4, -0.2) is 29.4 Å². The van der Waals surface area contributed by atoms with E-state index in [1.54, 1.807) is 18.2 Å². The van der Waals surface area contributed by atoms with Gasteiger partial charge in [-0.05, 0) is 49.4 Å². The molecule has 0 spiro atoms. The Bertz CT molecular complexity index is 955. The summed E-state index contributed by atoms with van der Waals surface area (Å²) < 4.78 is 11.1. The molecule has 7 heteroatoms. The standard InChI is InChI=1S/C21H21N3O3S/c1-2-19(28-21-14(12-22)10-13-4-3-5-16(13)24-21)20(25)23-15-6-7-17-18(11-15)27-9-8-26-17/h6-7,10-11,19H,2-5,8-9H2,1H3,(H,23,25). The Hall–Kier alpha value is -2.72. The number of carbonyl (C=O) groups is 1.